The predicted molar refractivity (Wildman–Crippen MR) is 145 cm³/mol. The van der Waals surface area contributed by atoms with E-state index in [0.29, 0.717) is 18.7 Å². The van der Waals surface area contributed by atoms with Gasteiger partial charge in [0.15, 0.2) is 0 Å². The molecule has 0 fully saturated rings. The Bertz CT molecular complexity index is 866. The fourth-order valence-corrected chi connectivity index (χ4v) is 4.14. The summed E-state index contributed by atoms with van der Waals surface area (Å²) in [5, 5.41) is 5.73. The van der Waals surface area contributed by atoms with Crippen LogP contribution in [0.15, 0.2) is 30.9 Å². The van der Waals surface area contributed by atoms with E-state index in [2.05, 4.69) is 24.1 Å². The second kappa shape index (κ2) is 14.8. The van der Waals surface area contributed by atoms with E-state index in [1.807, 2.05) is 38.3 Å². The normalized spacial score (nSPS) is 12.9. The van der Waals surface area contributed by atoms with Crippen molar-refractivity contribution in [2.45, 2.75) is 78.5 Å². The lowest BCUT2D eigenvalue weighted by Gasteiger charge is -2.34. The lowest BCUT2D eigenvalue weighted by Crippen LogP contribution is -2.53. The fourth-order valence-electron chi connectivity index (χ4n) is 3.67. The minimum atomic E-state index is -0.852. The maximum atomic E-state index is 13.9. The third-order valence-corrected chi connectivity index (χ3v) is 5.96. The van der Waals surface area contributed by atoms with Crippen LogP contribution in [0.2, 0.25) is 0 Å². The molecule has 8 heteroatoms. The van der Waals surface area contributed by atoms with E-state index in [-0.39, 0.29) is 18.4 Å². The van der Waals surface area contributed by atoms with Crippen LogP contribution in [-0.2, 0) is 14.3 Å². The van der Waals surface area contributed by atoms with E-state index in [0.717, 1.165) is 29.5 Å². The van der Waals surface area contributed by atoms with Gasteiger partial charge in [0.2, 0.25) is 11.8 Å². The first kappa shape index (κ1) is 30.6. The average molecular weight is 506 g/mol. The molecule has 0 bridgehead atoms. The smallest absolute Gasteiger partial charge is 0.408 e. The van der Waals surface area contributed by atoms with Crippen LogP contribution in [0, 0.1) is 13.8 Å². The standard InChI is InChI=1S/C27H43N3O4S/c1-9-11-15-28-24(31)23(21-13-12-19(3)18-20(21)4)30(16-10-2)25(32)22(14-17-35-8)29-26(33)34-27(5,6)7/h10,12-13,18,22-23H,2,9,11,14-17H2,1,3-8H3,(H,28,31)(H,29,33). The van der Waals surface area contributed by atoms with Crippen LogP contribution < -0.4 is 10.6 Å². The van der Waals surface area contributed by atoms with Crippen molar-refractivity contribution in [3.8, 4) is 0 Å². The minimum absolute atomic E-state index is 0.157. The minimum Gasteiger partial charge on any atom is -0.444 e. The Morgan fingerprint density at radius 1 is 1.23 bits per heavy atom. The van der Waals surface area contributed by atoms with E-state index in [1.54, 1.807) is 38.6 Å². The second-order valence-electron chi connectivity index (χ2n) is 9.67. The summed E-state index contributed by atoms with van der Waals surface area (Å²) in [5.41, 5.74) is 2.05. The molecule has 0 aromatic heterocycles. The van der Waals surface area contributed by atoms with Gasteiger partial charge in [0, 0.05) is 13.1 Å². The van der Waals surface area contributed by atoms with Gasteiger partial charge in [0.25, 0.3) is 0 Å². The first-order valence-electron chi connectivity index (χ1n) is 12.2. The Labute approximate surface area is 215 Å². The molecule has 0 saturated carbocycles. The first-order chi connectivity index (χ1) is 16.4. The van der Waals surface area contributed by atoms with Crippen molar-refractivity contribution in [1.82, 2.24) is 15.5 Å². The Morgan fingerprint density at radius 3 is 2.46 bits per heavy atom. The van der Waals surface area contributed by atoms with Gasteiger partial charge in [-0.05, 0) is 70.6 Å². The number of rotatable bonds is 13. The van der Waals surface area contributed by atoms with Gasteiger partial charge < -0.3 is 20.3 Å². The van der Waals surface area contributed by atoms with Crippen LogP contribution in [0.4, 0.5) is 4.79 Å². The summed E-state index contributed by atoms with van der Waals surface area (Å²) < 4.78 is 5.40. The molecule has 0 aliphatic rings. The number of nitrogens with zero attached hydrogens (tertiary/aromatic N) is 1. The molecule has 1 aromatic carbocycles. The SMILES string of the molecule is C=CCN(C(=O)C(CCSC)NC(=O)OC(C)(C)C)C(C(=O)NCCCC)c1ccc(C)cc1C. The van der Waals surface area contributed by atoms with Crippen molar-refractivity contribution in [3.63, 3.8) is 0 Å². The molecule has 2 N–H and O–H groups in total. The molecule has 196 valence electrons. The predicted octanol–water partition coefficient (Wildman–Crippen LogP) is 4.92. The van der Waals surface area contributed by atoms with E-state index in [4.69, 9.17) is 4.74 Å². The molecule has 0 spiro atoms. The van der Waals surface area contributed by atoms with Crippen molar-refractivity contribution >= 4 is 29.7 Å². The molecule has 2 atom stereocenters. The number of hydrogen-bond donors (Lipinski definition) is 2. The van der Waals surface area contributed by atoms with Gasteiger partial charge in [0.1, 0.15) is 17.7 Å². The lowest BCUT2D eigenvalue weighted by molar-refractivity contribution is -0.141. The molecule has 7 nitrogen and oxygen atoms in total. The molecular weight excluding hydrogens is 462 g/mol. The Balaban J connectivity index is 3.42. The van der Waals surface area contributed by atoms with Gasteiger partial charge in [-0.3, -0.25) is 9.59 Å². The summed E-state index contributed by atoms with van der Waals surface area (Å²) in [6.45, 7) is 15.8. The number of unbranched alkanes of at least 4 members (excludes halogenated alkanes) is 1. The highest BCUT2D eigenvalue weighted by atomic mass is 32.2. The maximum Gasteiger partial charge on any atom is 0.408 e. The van der Waals surface area contributed by atoms with E-state index < -0.39 is 23.8 Å². The average Bonchev–Trinajstić information content (AvgIpc) is 2.76. The van der Waals surface area contributed by atoms with E-state index in [9.17, 15) is 14.4 Å². The van der Waals surface area contributed by atoms with Crippen molar-refractivity contribution in [3.05, 3.63) is 47.5 Å². The topological polar surface area (TPSA) is 87.7 Å². The maximum absolute atomic E-state index is 13.9. The third kappa shape index (κ3) is 10.3. The molecule has 0 aliphatic carbocycles. The van der Waals surface area contributed by atoms with Crippen molar-refractivity contribution in [2.24, 2.45) is 0 Å². The molecule has 0 aliphatic heterocycles. The molecule has 1 aromatic rings. The van der Waals surface area contributed by atoms with Crippen LogP contribution in [-0.4, -0.2) is 59.5 Å². The summed E-state index contributed by atoms with van der Waals surface area (Å²) in [5.74, 6) is 0.0623. The lowest BCUT2D eigenvalue weighted by atomic mass is 9.96. The van der Waals surface area contributed by atoms with E-state index >= 15 is 0 Å². The third-order valence-electron chi connectivity index (χ3n) is 5.32. The van der Waals surface area contributed by atoms with Crippen molar-refractivity contribution in [1.29, 1.82) is 0 Å². The number of carbonyl (C=O) groups is 3. The van der Waals surface area contributed by atoms with Crippen LogP contribution in [0.3, 0.4) is 0 Å². The quantitative estimate of drug-likeness (QED) is 0.293. The molecule has 0 saturated heterocycles. The number of nitrogens with one attached hydrogen (secondary N) is 2. The number of hydrogen-bond acceptors (Lipinski definition) is 5. The highest BCUT2D eigenvalue weighted by Crippen LogP contribution is 2.27. The van der Waals surface area contributed by atoms with Gasteiger partial charge in [-0.25, -0.2) is 4.79 Å². The number of aryl methyl sites for hydroxylation is 2. The second-order valence-corrected chi connectivity index (χ2v) is 10.7. The molecule has 0 radical (unpaired) electrons. The van der Waals surface area contributed by atoms with Crippen LogP contribution >= 0.6 is 11.8 Å². The number of benzene rings is 1. The summed E-state index contributed by atoms with van der Waals surface area (Å²) in [6, 6.07) is 4.15. The van der Waals surface area contributed by atoms with Crippen LogP contribution in [0.5, 0.6) is 0 Å². The molecule has 1 rings (SSSR count). The van der Waals surface area contributed by atoms with Gasteiger partial charge in [-0.1, -0.05) is 43.2 Å². The molecule has 0 heterocycles. The summed E-state index contributed by atoms with van der Waals surface area (Å²) in [6.07, 6.45) is 5.08. The van der Waals surface area contributed by atoms with Gasteiger partial charge in [-0.15, -0.1) is 6.58 Å². The Morgan fingerprint density at radius 2 is 1.91 bits per heavy atom. The monoisotopic (exact) mass is 505 g/mol. The van der Waals surface area contributed by atoms with E-state index in [1.165, 1.54) is 4.90 Å². The largest absolute Gasteiger partial charge is 0.444 e. The van der Waals surface area contributed by atoms with Crippen LogP contribution in [0.25, 0.3) is 0 Å². The summed E-state index contributed by atoms with van der Waals surface area (Å²) in [7, 11) is 0. The number of ether oxygens (including phenoxy) is 1. The zero-order chi connectivity index (χ0) is 26.6. The number of amides is 3. The van der Waals surface area contributed by atoms with Crippen LogP contribution in [0.1, 0.15) is 69.7 Å². The number of alkyl carbamates (subject to hydrolysis) is 1. The zero-order valence-electron chi connectivity index (χ0n) is 22.4. The molecule has 2 unspecified atom stereocenters. The van der Waals surface area contributed by atoms with Gasteiger partial charge in [0.05, 0.1) is 0 Å². The molecular formula is C27H43N3O4S. The summed E-state index contributed by atoms with van der Waals surface area (Å²) >= 11 is 1.58. The fraction of sp³-hybridized carbons (Fsp3) is 0.593. The molecule has 35 heavy (non-hydrogen) atoms. The zero-order valence-corrected chi connectivity index (χ0v) is 23.2. The Kier molecular flexibility index (Phi) is 12.9. The Hall–Kier alpha value is -2.48. The van der Waals surface area contributed by atoms with Gasteiger partial charge in [-0.2, -0.15) is 11.8 Å². The summed E-state index contributed by atoms with van der Waals surface area (Å²) in [4.78, 5) is 41.4. The number of thioether (sulfide) groups is 1. The molecule has 3 amide bonds. The highest BCUT2D eigenvalue weighted by molar-refractivity contribution is 7.98. The van der Waals surface area contributed by atoms with Crippen molar-refractivity contribution < 1.29 is 19.1 Å². The van der Waals surface area contributed by atoms with Crippen molar-refractivity contribution in [2.75, 3.05) is 25.1 Å². The van der Waals surface area contributed by atoms with Gasteiger partial charge >= 0.3 is 6.09 Å². The number of carbonyl (C=O) groups excluding carboxylic acids is 3. The highest BCUT2D eigenvalue weighted by Gasteiger charge is 2.36. The first-order valence-corrected chi connectivity index (χ1v) is 13.6.